The summed E-state index contributed by atoms with van der Waals surface area (Å²) in [7, 11) is 0. The van der Waals surface area contributed by atoms with E-state index in [-0.39, 0.29) is 12.5 Å². The molecular weight excluding hydrogens is 276 g/mol. The van der Waals surface area contributed by atoms with Crippen LogP contribution in [0, 0.1) is 5.41 Å². The van der Waals surface area contributed by atoms with Crippen LogP contribution in [0.25, 0.3) is 10.4 Å². The Labute approximate surface area is 122 Å². The van der Waals surface area contributed by atoms with Gasteiger partial charge in [-0.2, -0.15) is 0 Å². The van der Waals surface area contributed by atoms with E-state index in [2.05, 4.69) is 10.0 Å². The smallest absolute Gasteiger partial charge is 0.233 e. The van der Waals surface area contributed by atoms with Gasteiger partial charge in [0.05, 0.1) is 5.41 Å². The molecule has 1 aliphatic rings. The largest absolute Gasteiger partial charge is 0.334 e. The summed E-state index contributed by atoms with van der Waals surface area (Å²) in [4.78, 5) is 17.0. The lowest BCUT2D eigenvalue weighted by Crippen LogP contribution is -2.34. The average molecular weight is 291 g/mol. The van der Waals surface area contributed by atoms with Crippen LogP contribution in [0.4, 0.5) is 0 Å². The highest BCUT2D eigenvalue weighted by atomic mass is 35.5. The summed E-state index contributed by atoms with van der Waals surface area (Å²) in [6.07, 6.45) is 0. The van der Waals surface area contributed by atoms with Crippen molar-refractivity contribution < 1.29 is 4.79 Å². The van der Waals surface area contributed by atoms with E-state index in [4.69, 9.17) is 17.1 Å². The van der Waals surface area contributed by atoms with Gasteiger partial charge < -0.3 is 4.90 Å². The standard InChI is InChI=1S/C14H15ClN4O/c1-14(10-17-18-16)12(7-15)9-19(13(14)20)8-11-5-3-2-4-6-11/h2-7H,8-10H2,1H3. The van der Waals surface area contributed by atoms with Gasteiger partial charge >= 0.3 is 0 Å². The highest BCUT2D eigenvalue weighted by molar-refractivity contribution is 6.26. The lowest BCUT2D eigenvalue weighted by molar-refractivity contribution is -0.134. The van der Waals surface area contributed by atoms with Crippen LogP contribution in [-0.4, -0.2) is 23.9 Å². The first-order valence-corrected chi connectivity index (χ1v) is 6.69. The van der Waals surface area contributed by atoms with Crippen LogP contribution >= 0.6 is 11.6 Å². The Morgan fingerprint density at radius 3 is 2.80 bits per heavy atom. The Hall–Kier alpha value is -1.97. The van der Waals surface area contributed by atoms with Gasteiger partial charge in [0.15, 0.2) is 0 Å². The van der Waals surface area contributed by atoms with Crippen molar-refractivity contribution in [2.24, 2.45) is 10.5 Å². The van der Waals surface area contributed by atoms with E-state index in [0.717, 1.165) is 11.1 Å². The Balaban J connectivity index is 2.22. The number of likely N-dealkylation sites (tertiary alicyclic amines) is 1. The molecule has 0 aromatic heterocycles. The van der Waals surface area contributed by atoms with Gasteiger partial charge in [-0.05, 0) is 23.6 Å². The lowest BCUT2D eigenvalue weighted by atomic mass is 9.85. The summed E-state index contributed by atoms with van der Waals surface area (Å²) in [5, 5.41) is 3.55. The Bertz CT molecular complexity index is 580. The maximum absolute atomic E-state index is 12.5. The molecule has 0 aliphatic carbocycles. The lowest BCUT2D eigenvalue weighted by Gasteiger charge is -2.22. The number of azide groups is 1. The van der Waals surface area contributed by atoms with Crippen molar-refractivity contribution in [1.29, 1.82) is 0 Å². The number of rotatable bonds is 4. The van der Waals surface area contributed by atoms with Crippen LogP contribution in [0.1, 0.15) is 12.5 Å². The maximum Gasteiger partial charge on any atom is 0.233 e. The molecule has 104 valence electrons. The first kappa shape index (κ1) is 14.4. The molecule has 0 radical (unpaired) electrons. The fourth-order valence-corrected chi connectivity index (χ4v) is 2.68. The molecule has 6 heteroatoms. The summed E-state index contributed by atoms with van der Waals surface area (Å²) < 4.78 is 0. The number of nitrogens with zero attached hydrogens (tertiary/aromatic N) is 4. The van der Waals surface area contributed by atoms with Gasteiger partial charge in [0, 0.05) is 30.1 Å². The number of hydrogen-bond acceptors (Lipinski definition) is 2. The summed E-state index contributed by atoms with van der Waals surface area (Å²) in [5.41, 5.74) is 10.9. The van der Waals surface area contributed by atoms with Gasteiger partial charge in [-0.25, -0.2) is 0 Å². The molecule has 0 spiro atoms. The van der Waals surface area contributed by atoms with Gasteiger partial charge in [0.1, 0.15) is 0 Å². The molecule has 1 aliphatic heterocycles. The van der Waals surface area contributed by atoms with Gasteiger partial charge in [0.25, 0.3) is 0 Å². The molecule has 2 rings (SSSR count). The minimum atomic E-state index is -0.831. The second kappa shape index (κ2) is 5.99. The molecule has 0 saturated carbocycles. The normalized spacial score (nSPS) is 24.0. The van der Waals surface area contributed by atoms with Gasteiger partial charge in [0.2, 0.25) is 5.91 Å². The fourth-order valence-electron chi connectivity index (χ4n) is 2.37. The van der Waals surface area contributed by atoms with E-state index in [1.54, 1.807) is 11.8 Å². The molecule has 1 aromatic carbocycles. The summed E-state index contributed by atoms with van der Waals surface area (Å²) >= 11 is 5.83. The second-order valence-electron chi connectivity index (χ2n) is 5.00. The Morgan fingerprint density at radius 2 is 2.20 bits per heavy atom. The van der Waals surface area contributed by atoms with Crippen molar-refractivity contribution in [3.05, 3.63) is 57.4 Å². The third kappa shape index (κ3) is 2.64. The minimum absolute atomic E-state index is 0.0550. The van der Waals surface area contributed by atoms with Crippen LogP contribution in [0.2, 0.25) is 0 Å². The molecule has 5 nitrogen and oxygen atoms in total. The van der Waals surface area contributed by atoms with Crippen LogP contribution in [-0.2, 0) is 11.3 Å². The summed E-state index contributed by atoms with van der Waals surface area (Å²) in [5.74, 6) is -0.0550. The predicted molar refractivity (Wildman–Crippen MR) is 77.9 cm³/mol. The molecule has 1 saturated heterocycles. The zero-order chi connectivity index (χ0) is 14.6. The molecule has 1 aromatic rings. The SMILES string of the molecule is CC1(CN=[N+]=[N-])C(=O)N(Cc2ccccc2)CC1=CCl. The first-order chi connectivity index (χ1) is 9.61. The summed E-state index contributed by atoms with van der Waals surface area (Å²) in [6.45, 7) is 2.85. The second-order valence-corrected chi connectivity index (χ2v) is 5.22. The molecule has 1 fully saturated rings. The average Bonchev–Trinajstić information content (AvgIpc) is 2.71. The van der Waals surface area contributed by atoms with E-state index in [1.165, 1.54) is 5.54 Å². The van der Waals surface area contributed by atoms with Gasteiger partial charge in [-0.15, -0.1) is 0 Å². The van der Waals surface area contributed by atoms with E-state index in [9.17, 15) is 4.79 Å². The van der Waals surface area contributed by atoms with Crippen molar-refractivity contribution in [1.82, 2.24) is 4.90 Å². The minimum Gasteiger partial charge on any atom is -0.334 e. The monoisotopic (exact) mass is 290 g/mol. The maximum atomic E-state index is 12.5. The highest BCUT2D eigenvalue weighted by Gasteiger charge is 2.46. The molecular formula is C14H15ClN4O. The number of benzene rings is 1. The first-order valence-electron chi connectivity index (χ1n) is 6.25. The predicted octanol–water partition coefficient (Wildman–Crippen LogP) is 3.47. The number of hydrogen-bond donors (Lipinski definition) is 0. The highest BCUT2D eigenvalue weighted by Crippen LogP contribution is 2.38. The third-order valence-electron chi connectivity index (χ3n) is 3.63. The topological polar surface area (TPSA) is 69.1 Å². The third-order valence-corrected chi connectivity index (χ3v) is 3.89. The zero-order valence-corrected chi connectivity index (χ0v) is 11.9. The Kier molecular flexibility index (Phi) is 4.32. The zero-order valence-electron chi connectivity index (χ0n) is 11.2. The van der Waals surface area contributed by atoms with Crippen molar-refractivity contribution in [3.8, 4) is 0 Å². The fraction of sp³-hybridized carbons (Fsp3) is 0.357. The molecule has 1 amide bonds. The number of carbonyl (C=O) groups excluding carboxylic acids is 1. The molecule has 0 N–H and O–H groups in total. The van der Waals surface area contributed by atoms with E-state index in [1.807, 2.05) is 30.3 Å². The van der Waals surface area contributed by atoms with E-state index >= 15 is 0 Å². The number of amides is 1. The van der Waals surface area contributed by atoms with Crippen molar-refractivity contribution >= 4 is 17.5 Å². The molecule has 1 heterocycles. The van der Waals surface area contributed by atoms with Crippen LogP contribution in [0.15, 0.2) is 46.6 Å². The van der Waals surface area contributed by atoms with Crippen molar-refractivity contribution in [2.75, 3.05) is 13.1 Å². The number of halogens is 1. The quantitative estimate of drug-likeness (QED) is 0.475. The Morgan fingerprint density at radius 1 is 1.50 bits per heavy atom. The van der Waals surface area contributed by atoms with Crippen molar-refractivity contribution in [2.45, 2.75) is 13.5 Å². The molecule has 1 unspecified atom stereocenters. The van der Waals surface area contributed by atoms with Gasteiger partial charge in [-0.1, -0.05) is 47.0 Å². The van der Waals surface area contributed by atoms with Crippen molar-refractivity contribution in [3.63, 3.8) is 0 Å². The van der Waals surface area contributed by atoms with Crippen LogP contribution in [0.3, 0.4) is 0 Å². The van der Waals surface area contributed by atoms with E-state index < -0.39 is 5.41 Å². The molecule has 0 bridgehead atoms. The molecule has 20 heavy (non-hydrogen) atoms. The molecule has 1 atom stereocenters. The van der Waals surface area contributed by atoms with Crippen LogP contribution in [0.5, 0.6) is 0 Å². The van der Waals surface area contributed by atoms with E-state index in [0.29, 0.717) is 13.1 Å². The summed E-state index contributed by atoms with van der Waals surface area (Å²) in [6, 6.07) is 9.76. The van der Waals surface area contributed by atoms with Gasteiger partial charge in [-0.3, -0.25) is 4.79 Å². The number of carbonyl (C=O) groups is 1. The van der Waals surface area contributed by atoms with Crippen LogP contribution < -0.4 is 0 Å².